The minimum Gasteiger partial charge on any atom is -0.326 e. The summed E-state index contributed by atoms with van der Waals surface area (Å²) in [7, 11) is 0. The van der Waals surface area contributed by atoms with E-state index in [4.69, 9.17) is 5.73 Å². The Morgan fingerprint density at radius 3 is 2.40 bits per heavy atom. The van der Waals surface area contributed by atoms with Crippen LogP contribution >= 0.6 is 31.9 Å². The lowest BCUT2D eigenvalue weighted by atomic mass is 9.98. The van der Waals surface area contributed by atoms with Crippen molar-refractivity contribution in [3.63, 3.8) is 0 Å². The van der Waals surface area contributed by atoms with Crippen LogP contribution in [0.25, 0.3) is 0 Å². The van der Waals surface area contributed by atoms with E-state index in [0.29, 0.717) is 0 Å². The lowest BCUT2D eigenvalue weighted by Crippen LogP contribution is -2.34. The molecule has 1 heterocycles. The molecule has 108 valence electrons. The summed E-state index contributed by atoms with van der Waals surface area (Å²) in [6, 6.07) is 8.24. The molecule has 2 atom stereocenters. The predicted octanol–water partition coefficient (Wildman–Crippen LogP) is 4.35. The molecule has 0 aliphatic heterocycles. The summed E-state index contributed by atoms with van der Waals surface area (Å²) in [6.45, 7) is 6.17. The van der Waals surface area contributed by atoms with Crippen molar-refractivity contribution in [1.29, 1.82) is 0 Å². The smallest absolute Gasteiger partial charge is 0.0933 e. The van der Waals surface area contributed by atoms with E-state index in [1.165, 1.54) is 5.56 Å². The Balaban J connectivity index is 2.59. The maximum atomic E-state index is 6.38. The summed E-state index contributed by atoms with van der Waals surface area (Å²) in [5.74, 6) is 0. The van der Waals surface area contributed by atoms with Gasteiger partial charge in [-0.2, -0.15) is 5.10 Å². The zero-order valence-electron chi connectivity index (χ0n) is 11.9. The molecule has 1 aromatic heterocycles. The van der Waals surface area contributed by atoms with Gasteiger partial charge in [-0.25, -0.2) is 0 Å². The Kier molecular flexibility index (Phi) is 5.04. The second-order valence-electron chi connectivity index (χ2n) is 4.97. The van der Waals surface area contributed by atoms with Gasteiger partial charge in [-0.15, -0.1) is 0 Å². The number of nitrogens with two attached hydrogens (primary N) is 1. The summed E-state index contributed by atoms with van der Waals surface area (Å²) in [5.41, 5.74) is 9.64. The van der Waals surface area contributed by atoms with Crippen LogP contribution in [0.4, 0.5) is 0 Å². The van der Waals surface area contributed by atoms with Crippen LogP contribution in [-0.4, -0.2) is 15.8 Å². The monoisotopic (exact) mass is 399 g/mol. The summed E-state index contributed by atoms with van der Waals surface area (Å²) < 4.78 is 4.16. The Labute approximate surface area is 136 Å². The van der Waals surface area contributed by atoms with Gasteiger partial charge in [-0.05, 0) is 47.8 Å². The molecule has 5 heteroatoms. The number of hydrogen-bond donors (Lipinski definition) is 1. The molecule has 2 rings (SSSR count). The fraction of sp³-hybridized carbons (Fsp3) is 0.400. The van der Waals surface area contributed by atoms with Gasteiger partial charge < -0.3 is 5.73 Å². The van der Waals surface area contributed by atoms with Crippen molar-refractivity contribution < 1.29 is 0 Å². The number of aryl methyl sites for hydroxylation is 1. The van der Waals surface area contributed by atoms with Gasteiger partial charge in [0, 0.05) is 10.5 Å². The van der Waals surface area contributed by atoms with Gasteiger partial charge in [-0.3, -0.25) is 4.68 Å². The molecule has 0 spiro atoms. The van der Waals surface area contributed by atoms with Gasteiger partial charge in [-0.1, -0.05) is 41.1 Å². The van der Waals surface area contributed by atoms with Crippen molar-refractivity contribution in [3.05, 3.63) is 50.2 Å². The Bertz CT molecular complexity index is 607. The largest absolute Gasteiger partial charge is 0.326 e. The summed E-state index contributed by atoms with van der Waals surface area (Å²) in [5, 5.41) is 4.67. The van der Waals surface area contributed by atoms with Crippen molar-refractivity contribution in [1.82, 2.24) is 9.78 Å². The van der Waals surface area contributed by atoms with E-state index in [2.05, 4.69) is 56.9 Å². The number of halogens is 2. The molecular formula is C15H19Br2N3. The van der Waals surface area contributed by atoms with E-state index >= 15 is 0 Å². The molecule has 0 aliphatic rings. The van der Waals surface area contributed by atoms with Crippen LogP contribution in [-0.2, 0) is 0 Å². The van der Waals surface area contributed by atoms with Gasteiger partial charge in [0.2, 0.25) is 0 Å². The molecule has 0 saturated carbocycles. The van der Waals surface area contributed by atoms with Gasteiger partial charge in [0.25, 0.3) is 0 Å². The van der Waals surface area contributed by atoms with Crippen molar-refractivity contribution in [2.45, 2.75) is 39.3 Å². The molecular weight excluding hydrogens is 382 g/mol. The summed E-state index contributed by atoms with van der Waals surface area (Å²) >= 11 is 7.23. The second-order valence-corrected chi connectivity index (χ2v) is 6.62. The van der Waals surface area contributed by atoms with Crippen molar-refractivity contribution in [2.75, 3.05) is 0 Å². The maximum absolute atomic E-state index is 6.38. The zero-order valence-corrected chi connectivity index (χ0v) is 15.1. The van der Waals surface area contributed by atoms with E-state index in [1.54, 1.807) is 0 Å². The van der Waals surface area contributed by atoms with Crippen molar-refractivity contribution >= 4 is 31.9 Å². The highest BCUT2D eigenvalue weighted by Gasteiger charge is 2.26. The van der Waals surface area contributed by atoms with Crippen LogP contribution in [0.2, 0.25) is 0 Å². The molecule has 0 saturated heterocycles. The molecule has 0 radical (unpaired) electrons. The maximum Gasteiger partial charge on any atom is 0.0933 e. The third-order valence-electron chi connectivity index (χ3n) is 3.60. The molecule has 1 aromatic carbocycles. The van der Waals surface area contributed by atoms with E-state index in [-0.39, 0.29) is 12.1 Å². The lowest BCUT2D eigenvalue weighted by Gasteiger charge is -2.26. The second kappa shape index (κ2) is 6.41. The van der Waals surface area contributed by atoms with Crippen molar-refractivity contribution in [3.8, 4) is 0 Å². The molecule has 2 aromatic rings. The van der Waals surface area contributed by atoms with Crippen molar-refractivity contribution in [2.24, 2.45) is 5.73 Å². The van der Waals surface area contributed by atoms with Gasteiger partial charge in [0.1, 0.15) is 0 Å². The minimum atomic E-state index is 0.0126. The molecule has 0 fully saturated rings. The first kappa shape index (κ1) is 15.7. The first-order chi connectivity index (χ1) is 9.47. The van der Waals surface area contributed by atoms with E-state index in [1.807, 2.05) is 29.8 Å². The van der Waals surface area contributed by atoms with E-state index in [9.17, 15) is 0 Å². The molecule has 0 bridgehead atoms. The molecule has 0 amide bonds. The van der Waals surface area contributed by atoms with Crippen LogP contribution in [0.5, 0.6) is 0 Å². The predicted molar refractivity (Wildman–Crippen MR) is 89.9 cm³/mol. The summed E-state index contributed by atoms with van der Waals surface area (Å²) in [6.07, 6.45) is 0.891. The SMILES string of the molecule is CCC(N)C(c1ccccc1Br)n1nc(C)c(Br)c1C. The number of hydrogen-bond acceptors (Lipinski definition) is 2. The van der Waals surface area contributed by atoms with Crippen LogP contribution in [0.15, 0.2) is 33.2 Å². The third kappa shape index (κ3) is 2.85. The Morgan fingerprint density at radius 2 is 1.90 bits per heavy atom. The topological polar surface area (TPSA) is 43.8 Å². The van der Waals surface area contributed by atoms with Crippen LogP contribution in [0.1, 0.15) is 36.3 Å². The zero-order chi connectivity index (χ0) is 14.9. The molecule has 0 aliphatic carbocycles. The highest BCUT2D eigenvalue weighted by molar-refractivity contribution is 9.10. The van der Waals surface area contributed by atoms with Crippen LogP contribution in [0.3, 0.4) is 0 Å². The van der Waals surface area contributed by atoms with Gasteiger partial charge >= 0.3 is 0 Å². The summed E-state index contributed by atoms with van der Waals surface area (Å²) in [4.78, 5) is 0. The van der Waals surface area contributed by atoms with Gasteiger partial charge in [0.05, 0.1) is 21.9 Å². The lowest BCUT2D eigenvalue weighted by molar-refractivity contribution is 0.414. The average Bonchev–Trinajstić information content (AvgIpc) is 2.69. The van der Waals surface area contributed by atoms with Crippen LogP contribution in [0, 0.1) is 13.8 Å². The normalized spacial score (nSPS) is 14.3. The number of benzene rings is 1. The Morgan fingerprint density at radius 1 is 1.25 bits per heavy atom. The molecule has 2 N–H and O–H groups in total. The molecule has 3 nitrogen and oxygen atoms in total. The number of rotatable bonds is 4. The first-order valence-electron chi connectivity index (χ1n) is 6.68. The highest BCUT2D eigenvalue weighted by Crippen LogP contribution is 2.32. The average molecular weight is 401 g/mol. The quantitative estimate of drug-likeness (QED) is 0.828. The highest BCUT2D eigenvalue weighted by atomic mass is 79.9. The fourth-order valence-corrected chi connectivity index (χ4v) is 3.18. The molecule has 20 heavy (non-hydrogen) atoms. The Hall–Kier alpha value is -0.650. The van der Waals surface area contributed by atoms with Gasteiger partial charge in [0.15, 0.2) is 0 Å². The van der Waals surface area contributed by atoms with E-state index < -0.39 is 0 Å². The standard InChI is InChI=1S/C15H19Br2N3/c1-4-13(18)15(11-7-5-6-8-12(11)16)20-10(3)14(17)9(2)19-20/h5-8,13,15H,4,18H2,1-3H3. The first-order valence-corrected chi connectivity index (χ1v) is 8.27. The number of aromatic nitrogens is 2. The van der Waals surface area contributed by atoms with E-state index in [0.717, 1.165) is 26.8 Å². The number of nitrogens with zero attached hydrogens (tertiary/aromatic N) is 2. The minimum absolute atomic E-state index is 0.0126. The third-order valence-corrected chi connectivity index (χ3v) is 5.47. The van der Waals surface area contributed by atoms with Crippen LogP contribution < -0.4 is 5.73 Å². The molecule has 2 unspecified atom stereocenters. The fourth-order valence-electron chi connectivity index (χ4n) is 2.40.